The second-order valence-electron chi connectivity index (χ2n) is 8.22. The molecule has 0 saturated heterocycles. The molecular formula is C27H41F5O11. The second kappa shape index (κ2) is 26.4. The van der Waals surface area contributed by atoms with Crippen LogP contribution in [0.5, 0.6) is 5.75 Å². The molecule has 0 N–H and O–H groups in total. The summed E-state index contributed by atoms with van der Waals surface area (Å²) in [5.74, 6) is -14.1. The number of carbonyl (C=O) groups is 1. The number of ether oxygens (including phenoxy) is 10. The van der Waals surface area contributed by atoms with E-state index in [0.29, 0.717) is 92.5 Å². The van der Waals surface area contributed by atoms with Crippen LogP contribution in [-0.4, -0.2) is 125 Å². The van der Waals surface area contributed by atoms with Crippen molar-refractivity contribution in [2.24, 2.45) is 0 Å². The molecule has 1 aromatic rings. The minimum absolute atomic E-state index is 0.0862. The predicted octanol–water partition coefficient (Wildman–Crippen LogP) is 2.85. The van der Waals surface area contributed by atoms with E-state index in [4.69, 9.17) is 42.6 Å². The highest BCUT2D eigenvalue weighted by Gasteiger charge is 2.28. The molecule has 1 aromatic carbocycles. The summed E-state index contributed by atoms with van der Waals surface area (Å²) in [6.07, 6.45) is -0.482. The van der Waals surface area contributed by atoms with E-state index in [-0.39, 0.29) is 26.4 Å². The van der Waals surface area contributed by atoms with E-state index in [0.717, 1.165) is 0 Å². The van der Waals surface area contributed by atoms with Crippen LogP contribution in [0, 0.1) is 29.1 Å². The quantitative estimate of drug-likeness (QED) is 0.0324. The van der Waals surface area contributed by atoms with E-state index in [9.17, 15) is 26.7 Å². The van der Waals surface area contributed by atoms with Crippen molar-refractivity contribution in [2.45, 2.75) is 13.3 Å². The minimum Gasteiger partial charge on any atom is -0.420 e. The van der Waals surface area contributed by atoms with Gasteiger partial charge in [0.25, 0.3) is 0 Å². The van der Waals surface area contributed by atoms with Crippen LogP contribution in [-0.2, 0) is 47.4 Å². The maximum absolute atomic E-state index is 13.5. The third-order valence-electron chi connectivity index (χ3n) is 5.02. The predicted molar refractivity (Wildman–Crippen MR) is 140 cm³/mol. The molecule has 1 rings (SSSR count). The molecule has 0 fully saturated rings. The molecular weight excluding hydrogens is 595 g/mol. The summed E-state index contributed by atoms with van der Waals surface area (Å²) in [6.45, 7) is 8.89. The van der Waals surface area contributed by atoms with Crippen molar-refractivity contribution in [3.05, 3.63) is 29.1 Å². The highest BCUT2D eigenvalue weighted by atomic mass is 19.2. The van der Waals surface area contributed by atoms with Gasteiger partial charge in [0.2, 0.25) is 34.8 Å². The normalized spacial score (nSPS) is 11.4. The summed E-state index contributed by atoms with van der Waals surface area (Å²) in [4.78, 5) is 11.6. The zero-order valence-corrected chi connectivity index (χ0v) is 24.3. The molecule has 0 heterocycles. The van der Waals surface area contributed by atoms with Gasteiger partial charge in [0.05, 0.1) is 119 Å². The Morgan fingerprint density at radius 3 is 0.977 bits per heavy atom. The fraction of sp³-hybridized carbons (Fsp3) is 0.741. The van der Waals surface area contributed by atoms with Gasteiger partial charge in [0, 0.05) is 6.61 Å². The third kappa shape index (κ3) is 19.1. The lowest BCUT2D eigenvalue weighted by Crippen LogP contribution is -2.16. The van der Waals surface area contributed by atoms with Gasteiger partial charge in [-0.25, -0.2) is 13.2 Å². The largest absolute Gasteiger partial charge is 0.420 e. The van der Waals surface area contributed by atoms with E-state index < -0.39 is 47.2 Å². The van der Waals surface area contributed by atoms with Crippen LogP contribution < -0.4 is 4.74 Å². The monoisotopic (exact) mass is 636 g/mol. The number of hydrogen-bond acceptors (Lipinski definition) is 11. The van der Waals surface area contributed by atoms with E-state index >= 15 is 0 Å². The number of rotatable bonds is 29. The van der Waals surface area contributed by atoms with E-state index in [1.807, 2.05) is 6.92 Å². The van der Waals surface area contributed by atoms with Crippen molar-refractivity contribution in [1.82, 2.24) is 0 Å². The van der Waals surface area contributed by atoms with Crippen molar-refractivity contribution in [3.8, 4) is 5.75 Å². The zero-order chi connectivity index (χ0) is 31.5. The van der Waals surface area contributed by atoms with Crippen LogP contribution in [0.3, 0.4) is 0 Å². The summed E-state index contributed by atoms with van der Waals surface area (Å²) >= 11 is 0. The molecule has 0 saturated carbocycles. The summed E-state index contributed by atoms with van der Waals surface area (Å²) < 4.78 is 118. The zero-order valence-electron chi connectivity index (χ0n) is 24.3. The summed E-state index contributed by atoms with van der Waals surface area (Å²) in [5, 5.41) is 0. The van der Waals surface area contributed by atoms with Gasteiger partial charge in [0.15, 0.2) is 0 Å². The van der Waals surface area contributed by atoms with Crippen LogP contribution in [0.2, 0.25) is 0 Å². The Labute approximate surface area is 247 Å². The first-order valence-electron chi connectivity index (χ1n) is 13.8. The molecule has 0 spiro atoms. The summed E-state index contributed by atoms with van der Waals surface area (Å²) in [7, 11) is 0. The lowest BCUT2D eigenvalue weighted by molar-refractivity contribution is -0.136. The molecule has 0 atom stereocenters. The lowest BCUT2D eigenvalue weighted by atomic mass is 10.2. The molecule has 0 aliphatic heterocycles. The van der Waals surface area contributed by atoms with Gasteiger partial charge in [0.1, 0.15) is 0 Å². The Bertz CT molecular complexity index is 838. The summed E-state index contributed by atoms with van der Waals surface area (Å²) in [5.41, 5.74) is 0. The Morgan fingerprint density at radius 1 is 0.419 bits per heavy atom. The van der Waals surface area contributed by atoms with Gasteiger partial charge < -0.3 is 47.4 Å². The van der Waals surface area contributed by atoms with Gasteiger partial charge >= 0.3 is 5.97 Å². The maximum atomic E-state index is 13.5. The number of hydrogen-bond donors (Lipinski definition) is 0. The van der Waals surface area contributed by atoms with Gasteiger partial charge in [-0.15, -0.1) is 0 Å². The maximum Gasteiger partial charge on any atom is 0.313 e. The highest BCUT2D eigenvalue weighted by molar-refractivity contribution is 5.72. The van der Waals surface area contributed by atoms with Crippen molar-refractivity contribution in [2.75, 3.05) is 119 Å². The topological polar surface area (TPSA) is 109 Å². The minimum atomic E-state index is -2.35. The van der Waals surface area contributed by atoms with Crippen molar-refractivity contribution < 1.29 is 74.1 Å². The van der Waals surface area contributed by atoms with Crippen LogP contribution in [0.15, 0.2) is 0 Å². The smallest absolute Gasteiger partial charge is 0.313 e. The van der Waals surface area contributed by atoms with Crippen molar-refractivity contribution in [1.29, 1.82) is 0 Å². The molecule has 250 valence electrons. The average molecular weight is 637 g/mol. The van der Waals surface area contributed by atoms with E-state index in [1.165, 1.54) is 0 Å². The fourth-order valence-corrected chi connectivity index (χ4v) is 2.90. The summed E-state index contributed by atoms with van der Waals surface area (Å²) in [6, 6.07) is 0. The fourth-order valence-electron chi connectivity index (χ4n) is 2.90. The molecule has 0 aliphatic carbocycles. The standard InChI is InChI=1S/C27H41F5O11/c1-2-34-5-6-36-9-10-38-13-14-40-17-18-42-20-19-41-16-15-39-12-11-37-8-7-35-4-3-21(33)43-27-25(31)23(29)22(28)24(30)26(27)32/h2-20H2,1H3. The van der Waals surface area contributed by atoms with Gasteiger partial charge in [-0.3, -0.25) is 4.79 Å². The lowest BCUT2D eigenvalue weighted by Gasteiger charge is -2.09. The van der Waals surface area contributed by atoms with Crippen LogP contribution >= 0.6 is 0 Å². The number of halogens is 5. The number of benzene rings is 1. The van der Waals surface area contributed by atoms with Crippen LogP contribution in [0.4, 0.5) is 22.0 Å². The van der Waals surface area contributed by atoms with Crippen LogP contribution in [0.25, 0.3) is 0 Å². The molecule has 0 aromatic heterocycles. The first-order valence-corrected chi connectivity index (χ1v) is 13.8. The third-order valence-corrected chi connectivity index (χ3v) is 5.02. The Morgan fingerprint density at radius 2 is 0.674 bits per heavy atom. The highest BCUT2D eigenvalue weighted by Crippen LogP contribution is 2.29. The molecule has 0 unspecified atom stereocenters. The Hall–Kier alpha value is -2.02. The number of esters is 1. The second-order valence-corrected chi connectivity index (χ2v) is 8.22. The first-order chi connectivity index (χ1) is 20.9. The molecule has 0 radical (unpaired) electrons. The molecule has 0 amide bonds. The molecule has 43 heavy (non-hydrogen) atoms. The van der Waals surface area contributed by atoms with Gasteiger partial charge in [-0.2, -0.15) is 8.78 Å². The van der Waals surface area contributed by atoms with E-state index in [2.05, 4.69) is 4.74 Å². The molecule has 16 heteroatoms. The van der Waals surface area contributed by atoms with Crippen LogP contribution in [0.1, 0.15) is 13.3 Å². The molecule has 11 nitrogen and oxygen atoms in total. The van der Waals surface area contributed by atoms with Gasteiger partial charge in [-0.05, 0) is 6.92 Å². The Balaban J connectivity index is 1.80. The SMILES string of the molecule is CCOCCOCCOCCOCCOCCOCCOCCOCCOCCC(=O)Oc1c(F)c(F)c(F)c(F)c1F. The Kier molecular flexibility index (Phi) is 23.9. The van der Waals surface area contributed by atoms with Crippen molar-refractivity contribution in [3.63, 3.8) is 0 Å². The molecule has 0 aliphatic rings. The van der Waals surface area contributed by atoms with Gasteiger partial charge in [-0.1, -0.05) is 0 Å². The average Bonchev–Trinajstić information content (AvgIpc) is 3.00. The van der Waals surface area contributed by atoms with Crippen molar-refractivity contribution >= 4 is 5.97 Å². The van der Waals surface area contributed by atoms with E-state index in [1.54, 1.807) is 0 Å². The number of carbonyl (C=O) groups excluding carboxylic acids is 1. The first kappa shape index (κ1) is 39.0. The molecule has 0 bridgehead atoms.